The number of hydrogen-bond donors (Lipinski definition) is 0. The molecule has 0 N–H and O–H groups in total. The predicted octanol–water partition coefficient (Wildman–Crippen LogP) is 2.40. The number of para-hydroxylation sites is 1. The van der Waals surface area contributed by atoms with E-state index in [9.17, 15) is 9.00 Å². The smallest absolute Gasteiger partial charge is 0.261 e. The molecule has 2 aromatic rings. The molecule has 0 aliphatic carbocycles. The van der Waals surface area contributed by atoms with Crippen molar-refractivity contribution in [3.63, 3.8) is 0 Å². The Morgan fingerprint density at radius 3 is 2.43 bits per heavy atom. The normalized spacial score (nSPS) is 21.0. The summed E-state index contributed by atoms with van der Waals surface area (Å²) in [5.41, 5.74) is 1.02. The summed E-state index contributed by atoms with van der Waals surface area (Å²) < 4.78 is 17.5. The van der Waals surface area contributed by atoms with Crippen LogP contribution < -0.4 is 4.74 Å². The van der Waals surface area contributed by atoms with E-state index in [1.54, 1.807) is 4.90 Å². The van der Waals surface area contributed by atoms with E-state index in [0.717, 1.165) is 5.56 Å². The van der Waals surface area contributed by atoms with Crippen LogP contribution in [0, 0.1) is 0 Å². The molecule has 0 saturated carbocycles. The maximum absolute atomic E-state index is 12.6. The van der Waals surface area contributed by atoms with Crippen molar-refractivity contribution in [1.29, 1.82) is 0 Å². The largest absolute Gasteiger partial charge is 0.484 e. The zero-order valence-corrected chi connectivity index (χ0v) is 13.6. The minimum Gasteiger partial charge on any atom is -0.484 e. The number of amides is 1. The molecule has 1 heterocycles. The Balaban J connectivity index is 1.70. The first-order chi connectivity index (χ1) is 11.2. The molecule has 0 radical (unpaired) electrons. The summed E-state index contributed by atoms with van der Waals surface area (Å²) in [4.78, 5) is 14.4. The monoisotopic (exact) mass is 329 g/mol. The molecule has 2 atom stereocenters. The van der Waals surface area contributed by atoms with Crippen LogP contribution in [0.1, 0.15) is 11.6 Å². The van der Waals surface area contributed by atoms with Gasteiger partial charge in [-0.3, -0.25) is 9.00 Å². The lowest BCUT2D eigenvalue weighted by Crippen LogP contribution is -2.46. The highest BCUT2D eigenvalue weighted by atomic mass is 32.2. The zero-order valence-electron chi connectivity index (χ0n) is 12.8. The lowest BCUT2D eigenvalue weighted by Gasteiger charge is -2.35. The van der Waals surface area contributed by atoms with Gasteiger partial charge in [0, 0.05) is 28.9 Å². The maximum Gasteiger partial charge on any atom is 0.261 e. The van der Waals surface area contributed by atoms with Gasteiger partial charge in [0.1, 0.15) is 5.75 Å². The summed E-state index contributed by atoms with van der Waals surface area (Å²) in [5, 5.41) is 0. The molecule has 3 rings (SSSR count). The average molecular weight is 329 g/mol. The fourth-order valence-corrected chi connectivity index (χ4v) is 3.99. The summed E-state index contributed by atoms with van der Waals surface area (Å²) in [7, 11) is -0.883. The standard InChI is InChI=1S/C18H19NO3S/c20-18(13-22-16-9-5-2-6-10-16)19-11-12-23(21)14-17(19)15-7-3-1-4-8-15/h1-10,17H,11-14H2/t17-,23+/m0/s1. The van der Waals surface area contributed by atoms with Crippen molar-refractivity contribution in [2.45, 2.75) is 6.04 Å². The first-order valence-corrected chi connectivity index (χ1v) is 9.10. The first kappa shape index (κ1) is 15.7. The second-order valence-corrected chi connectivity index (χ2v) is 7.05. The Labute approximate surface area is 138 Å². The Kier molecular flexibility index (Phi) is 5.08. The molecule has 23 heavy (non-hydrogen) atoms. The molecule has 120 valence electrons. The molecule has 1 fully saturated rings. The van der Waals surface area contributed by atoms with E-state index >= 15 is 0 Å². The fraction of sp³-hybridized carbons (Fsp3) is 0.278. The van der Waals surface area contributed by atoms with Gasteiger partial charge in [-0.2, -0.15) is 0 Å². The summed E-state index contributed by atoms with van der Waals surface area (Å²) >= 11 is 0. The minimum absolute atomic E-state index is 0.0000180. The molecule has 4 nitrogen and oxygen atoms in total. The van der Waals surface area contributed by atoms with E-state index in [4.69, 9.17) is 4.74 Å². The van der Waals surface area contributed by atoms with Crippen molar-refractivity contribution < 1.29 is 13.7 Å². The van der Waals surface area contributed by atoms with E-state index in [-0.39, 0.29) is 18.6 Å². The lowest BCUT2D eigenvalue weighted by molar-refractivity contribution is -0.135. The number of carbonyl (C=O) groups excluding carboxylic acids is 1. The molecule has 1 aliphatic heterocycles. The Bertz CT molecular complexity index is 675. The quantitative estimate of drug-likeness (QED) is 0.865. The molecule has 0 unspecified atom stereocenters. The Hall–Kier alpha value is -2.14. The van der Waals surface area contributed by atoms with Crippen LogP contribution in [0.4, 0.5) is 0 Å². The molecule has 0 aromatic heterocycles. The summed E-state index contributed by atoms with van der Waals surface area (Å²) in [6, 6.07) is 18.9. The van der Waals surface area contributed by atoms with E-state index in [2.05, 4.69) is 0 Å². The first-order valence-electron chi connectivity index (χ1n) is 7.61. The van der Waals surface area contributed by atoms with Gasteiger partial charge in [-0.05, 0) is 17.7 Å². The van der Waals surface area contributed by atoms with E-state index in [1.807, 2.05) is 60.7 Å². The lowest BCUT2D eigenvalue weighted by atomic mass is 10.1. The molecule has 1 aliphatic rings. The Morgan fingerprint density at radius 2 is 1.74 bits per heavy atom. The third-order valence-electron chi connectivity index (χ3n) is 3.89. The van der Waals surface area contributed by atoms with Gasteiger partial charge in [-0.1, -0.05) is 48.5 Å². The summed E-state index contributed by atoms with van der Waals surface area (Å²) in [5.74, 6) is 1.62. The highest BCUT2D eigenvalue weighted by Crippen LogP contribution is 2.25. The minimum atomic E-state index is -0.883. The maximum atomic E-state index is 12.6. The molecule has 5 heteroatoms. The molecule has 1 saturated heterocycles. The topological polar surface area (TPSA) is 46.6 Å². The highest BCUT2D eigenvalue weighted by molar-refractivity contribution is 7.85. The van der Waals surface area contributed by atoms with Crippen LogP contribution in [0.15, 0.2) is 60.7 Å². The molecular weight excluding hydrogens is 310 g/mol. The van der Waals surface area contributed by atoms with Crippen LogP contribution in [-0.4, -0.2) is 39.7 Å². The van der Waals surface area contributed by atoms with E-state index in [1.165, 1.54) is 0 Å². The van der Waals surface area contributed by atoms with Crippen LogP contribution >= 0.6 is 0 Å². The van der Waals surface area contributed by atoms with Crippen molar-refractivity contribution in [2.75, 3.05) is 24.7 Å². The Morgan fingerprint density at radius 1 is 1.09 bits per heavy atom. The fourth-order valence-electron chi connectivity index (χ4n) is 2.70. The van der Waals surface area contributed by atoms with Crippen molar-refractivity contribution in [3.05, 3.63) is 66.2 Å². The number of carbonyl (C=O) groups is 1. The highest BCUT2D eigenvalue weighted by Gasteiger charge is 2.31. The van der Waals surface area contributed by atoms with Crippen LogP contribution in [0.3, 0.4) is 0 Å². The number of nitrogens with zero attached hydrogens (tertiary/aromatic N) is 1. The van der Waals surface area contributed by atoms with Crippen molar-refractivity contribution in [3.8, 4) is 5.75 Å². The van der Waals surface area contributed by atoms with Crippen LogP contribution in [0.5, 0.6) is 5.75 Å². The van der Waals surface area contributed by atoms with Gasteiger partial charge >= 0.3 is 0 Å². The van der Waals surface area contributed by atoms with Gasteiger partial charge in [0.2, 0.25) is 0 Å². The second kappa shape index (κ2) is 7.42. The van der Waals surface area contributed by atoms with Gasteiger partial charge in [0.25, 0.3) is 5.91 Å². The number of rotatable bonds is 4. The zero-order chi connectivity index (χ0) is 16.1. The van der Waals surface area contributed by atoms with Gasteiger partial charge in [0.15, 0.2) is 6.61 Å². The average Bonchev–Trinajstić information content (AvgIpc) is 2.61. The summed E-state index contributed by atoms with van der Waals surface area (Å²) in [6.07, 6.45) is 0. The SMILES string of the molecule is O=C(COc1ccccc1)N1CC[S@@](=O)C[C@H]1c1ccccc1. The van der Waals surface area contributed by atoms with Crippen LogP contribution in [-0.2, 0) is 15.6 Å². The van der Waals surface area contributed by atoms with Gasteiger partial charge in [-0.15, -0.1) is 0 Å². The van der Waals surface area contributed by atoms with Gasteiger partial charge < -0.3 is 9.64 Å². The van der Waals surface area contributed by atoms with E-state index < -0.39 is 10.8 Å². The number of hydrogen-bond acceptors (Lipinski definition) is 3. The summed E-state index contributed by atoms with van der Waals surface area (Å²) in [6.45, 7) is 0.503. The van der Waals surface area contributed by atoms with Gasteiger partial charge in [-0.25, -0.2) is 0 Å². The number of ether oxygens (including phenoxy) is 1. The molecular formula is C18H19NO3S. The molecule has 1 amide bonds. The van der Waals surface area contributed by atoms with Crippen molar-refractivity contribution >= 4 is 16.7 Å². The third kappa shape index (κ3) is 3.99. The van der Waals surface area contributed by atoms with Crippen LogP contribution in [0.25, 0.3) is 0 Å². The van der Waals surface area contributed by atoms with E-state index in [0.29, 0.717) is 23.8 Å². The van der Waals surface area contributed by atoms with Crippen LogP contribution in [0.2, 0.25) is 0 Å². The molecule has 0 bridgehead atoms. The predicted molar refractivity (Wildman–Crippen MR) is 90.7 cm³/mol. The van der Waals surface area contributed by atoms with Crippen molar-refractivity contribution in [2.24, 2.45) is 0 Å². The molecule has 2 aromatic carbocycles. The van der Waals surface area contributed by atoms with Crippen molar-refractivity contribution in [1.82, 2.24) is 4.90 Å². The number of benzene rings is 2. The second-order valence-electron chi connectivity index (χ2n) is 5.43. The third-order valence-corrected chi connectivity index (χ3v) is 5.22. The molecule has 0 spiro atoms. The van der Waals surface area contributed by atoms with Gasteiger partial charge in [0.05, 0.1) is 6.04 Å².